The maximum absolute atomic E-state index is 13.2. The van der Waals surface area contributed by atoms with Crippen molar-refractivity contribution in [1.82, 2.24) is 20.0 Å². The van der Waals surface area contributed by atoms with Crippen LogP contribution in [0.3, 0.4) is 0 Å². The highest BCUT2D eigenvalue weighted by Crippen LogP contribution is 2.34. The number of hydrogen-bond acceptors (Lipinski definition) is 6. The topological polar surface area (TPSA) is 81.4 Å². The first kappa shape index (κ1) is 19.1. The zero-order valence-electron chi connectivity index (χ0n) is 16.9. The zero-order chi connectivity index (χ0) is 19.7. The number of carbonyl (C=O) groups excluding carboxylic acids is 1. The molecule has 0 saturated carbocycles. The predicted molar refractivity (Wildman–Crippen MR) is 104 cm³/mol. The summed E-state index contributed by atoms with van der Waals surface area (Å²) in [4.78, 5) is 24.8. The first-order valence-electron chi connectivity index (χ1n) is 10.2. The lowest BCUT2D eigenvalue weighted by molar-refractivity contribution is -0.142. The van der Waals surface area contributed by atoms with Crippen LogP contribution in [0.2, 0.25) is 0 Å². The van der Waals surface area contributed by atoms with E-state index in [2.05, 4.69) is 5.16 Å². The molecule has 0 aliphatic carbocycles. The van der Waals surface area contributed by atoms with E-state index in [1.54, 1.807) is 0 Å². The molecule has 2 aliphatic heterocycles. The van der Waals surface area contributed by atoms with Crippen LogP contribution in [0, 0.1) is 26.7 Å². The van der Waals surface area contributed by atoms with E-state index in [0.29, 0.717) is 13.2 Å². The highest BCUT2D eigenvalue weighted by molar-refractivity contribution is 5.79. The number of aryl methyl sites for hydroxylation is 3. The molecule has 1 atom stereocenters. The van der Waals surface area contributed by atoms with Gasteiger partial charge in [-0.3, -0.25) is 4.79 Å². The van der Waals surface area contributed by atoms with Crippen LogP contribution in [0.4, 0.5) is 0 Å². The van der Waals surface area contributed by atoms with Crippen molar-refractivity contribution < 1.29 is 14.1 Å². The molecule has 0 spiro atoms. The summed E-state index contributed by atoms with van der Waals surface area (Å²) in [7, 11) is 0. The van der Waals surface area contributed by atoms with Crippen LogP contribution in [-0.2, 0) is 9.53 Å². The number of aromatic nitrogens is 3. The summed E-state index contributed by atoms with van der Waals surface area (Å²) in [5.74, 6) is 1.77. The normalized spacial score (nSPS) is 21.1. The lowest BCUT2D eigenvalue weighted by Crippen LogP contribution is -2.43. The quantitative estimate of drug-likeness (QED) is 0.805. The summed E-state index contributed by atoms with van der Waals surface area (Å²) in [5.41, 5.74) is 3.46. The second-order valence-electron chi connectivity index (χ2n) is 7.88. The van der Waals surface area contributed by atoms with Crippen molar-refractivity contribution in [1.29, 1.82) is 0 Å². The molecular formula is C21H28N4O3. The van der Waals surface area contributed by atoms with Gasteiger partial charge in [0, 0.05) is 31.4 Å². The number of hydrogen-bond donors (Lipinski definition) is 0. The Kier molecular flexibility index (Phi) is 5.44. The van der Waals surface area contributed by atoms with Crippen LogP contribution in [0.1, 0.15) is 61.1 Å². The average molecular weight is 384 g/mol. The number of nitrogens with zero attached hydrogens (tertiary/aromatic N) is 4. The molecule has 2 aromatic rings. The number of amides is 1. The van der Waals surface area contributed by atoms with Crippen molar-refractivity contribution in [2.45, 2.75) is 58.9 Å². The Labute approximate surface area is 165 Å². The van der Waals surface area contributed by atoms with Crippen molar-refractivity contribution in [3.8, 4) is 11.3 Å². The van der Waals surface area contributed by atoms with Crippen molar-refractivity contribution in [2.75, 3.05) is 19.8 Å². The minimum atomic E-state index is -0.0665. The average Bonchev–Trinajstić information content (AvgIpc) is 3.06. The smallest absolute Gasteiger partial charge is 0.226 e. The fourth-order valence-electron chi connectivity index (χ4n) is 4.36. The number of likely N-dealkylation sites (tertiary alicyclic amines) is 1. The van der Waals surface area contributed by atoms with Gasteiger partial charge in [0.1, 0.15) is 5.76 Å². The van der Waals surface area contributed by atoms with Crippen LogP contribution in [0.25, 0.3) is 11.3 Å². The third-order valence-electron chi connectivity index (χ3n) is 5.82. The Morgan fingerprint density at radius 1 is 1.11 bits per heavy atom. The summed E-state index contributed by atoms with van der Waals surface area (Å²) < 4.78 is 10.8. The first-order chi connectivity index (χ1) is 13.5. The van der Waals surface area contributed by atoms with E-state index >= 15 is 0 Å². The minimum Gasteiger partial charge on any atom is -0.381 e. The molecule has 7 heteroatoms. The number of piperidine rings is 1. The van der Waals surface area contributed by atoms with E-state index in [0.717, 1.165) is 72.9 Å². The lowest BCUT2D eigenvalue weighted by atomic mass is 9.94. The largest absolute Gasteiger partial charge is 0.381 e. The van der Waals surface area contributed by atoms with Crippen LogP contribution in [0.5, 0.6) is 0 Å². The van der Waals surface area contributed by atoms with Gasteiger partial charge < -0.3 is 14.2 Å². The monoisotopic (exact) mass is 384 g/mol. The Morgan fingerprint density at radius 2 is 1.89 bits per heavy atom. The van der Waals surface area contributed by atoms with Gasteiger partial charge in [0.2, 0.25) is 5.91 Å². The molecule has 4 rings (SSSR count). The van der Waals surface area contributed by atoms with Crippen molar-refractivity contribution in [3.05, 3.63) is 29.0 Å². The summed E-state index contributed by atoms with van der Waals surface area (Å²) in [6.45, 7) is 7.91. The summed E-state index contributed by atoms with van der Waals surface area (Å²) in [6, 6.07) is 1.90. The molecule has 2 aliphatic rings. The van der Waals surface area contributed by atoms with Gasteiger partial charge in [0.15, 0.2) is 5.82 Å². The van der Waals surface area contributed by atoms with Gasteiger partial charge >= 0.3 is 0 Å². The van der Waals surface area contributed by atoms with Gasteiger partial charge in [-0.2, -0.15) is 0 Å². The van der Waals surface area contributed by atoms with Gasteiger partial charge in [-0.1, -0.05) is 5.16 Å². The molecule has 28 heavy (non-hydrogen) atoms. The molecule has 0 bridgehead atoms. The summed E-state index contributed by atoms with van der Waals surface area (Å²) >= 11 is 0. The van der Waals surface area contributed by atoms with Crippen molar-refractivity contribution in [3.63, 3.8) is 0 Å². The van der Waals surface area contributed by atoms with Crippen molar-refractivity contribution in [2.24, 2.45) is 5.92 Å². The fourth-order valence-corrected chi connectivity index (χ4v) is 4.36. The Balaban J connectivity index is 1.67. The molecule has 0 unspecified atom stereocenters. The molecule has 2 saturated heterocycles. The van der Waals surface area contributed by atoms with Gasteiger partial charge in [0.05, 0.1) is 23.0 Å². The lowest BCUT2D eigenvalue weighted by Gasteiger charge is -2.38. The van der Waals surface area contributed by atoms with Gasteiger partial charge in [-0.25, -0.2) is 9.97 Å². The van der Waals surface area contributed by atoms with E-state index in [-0.39, 0.29) is 17.9 Å². The fraction of sp³-hybridized carbons (Fsp3) is 0.619. The highest BCUT2D eigenvalue weighted by atomic mass is 16.5. The van der Waals surface area contributed by atoms with Crippen LogP contribution in [0.15, 0.2) is 10.6 Å². The van der Waals surface area contributed by atoms with E-state index in [1.165, 1.54) is 0 Å². The maximum atomic E-state index is 13.2. The molecule has 4 heterocycles. The summed E-state index contributed by atoms with van der Waals surface area (Å²) in [5, 5.41) is 4.06. The SMILES string of the molecule is Cc1cc(-c2c(C)noc2C)nc([C@@H]2CCCCN2C(=O)C2CCOCC2)n1. The van der Waals surface area contributed by atoms with E-state index in [9.17, 15) is 4.79 Å². The molecule has 2 fully saturated rings. The Bertz CT molecular complexity index is 838. The van der Waals surface area contributed by atoms with E-state index < -0.39 is 0 Å². The Morgan fingerprint density at radius 3 is 2.61 bits per heavy atom. The molecule has 7 nitrogen and oxygen atoms in total. The number of rotatable bonds is 3. The minimum absolute atomic E-state index is 0.0567. The second kappa shape index (κ2) is 7.99. The first-order valence-corrected chi connectivity index (χ1v) is 10.2. The third-order valence-corrected chi connectivity index (χ3v) is 5.82. The van der Waals surface area contributed by atoms with Crippen LogP contribution >= 0.6 is 0 Å². The molecule has 1 amide bonds. The summed E-state index contributed by atoms with van der Waals surface area (Å²) in [6.07, 6.45) is 4.63. The molecule has 2 aromatic heterocycles. The van der Waals surface area contributed by atoms with E-state index in [1.807, 2.05) is 31.7 Å². The molecule has 0 N–H and O–H groups in total. The highest BCUT2D eigenvalue weighted by Gasteiger charge is 2.35. The second-order valence-corrected chi connectivity index (χ2v) is 7.88. The maximum Gasteiger partial charge on any atom is 0.226 e. The predicted octanol–water partition coefficient (Wildman–Crippen LogP) is 3.54. The Hall–Kier alpha value is -2.28. The van der Waals surface area contributed by atoms with Gasteiger partial charge in [0.25, 0.3) is 0 Å². The molecule has 0 aromatic carbocycles. The van der Waals surface area contributed by atoms with E-state index in [4.69, 9.17) is 19.2 Å². The third kappa shape index (κ3) is 3.68. The number of carbonyl (C=O) groups is 1. The van der Waals surface area contributed by atoms with Crippen LogP contribution < -0.4 is 0 Å². The van der Waals surface area contributed by atoms with Gasteiger partial charge in [-0.15, -0.1) is 0 Å². The van der Waals surface area contributed by atoms with Gasteiger partial charge in [-0.05, 0) is 58.9 Å². The number of ether oxygens (including phenoxy) is 1. The molecule has 0 radical (unpaired) electrons. The van der Waals surface area contributed by atoms with Crippen LogP contribution in [-0.4, -0.2) is 45.7 Å². The van der Waals surface area contributed by atoms with Crippen molar-refractivity contribution >= 4 is 5.91 Å². The standard InChI is InChI=1S/C21H28N4O3/c1-13-12-17(19-14(2)24-28-15(19)3)23-20(22-13)18-6-4-5-9-25(18)21(26)16-7-10-27-11-8-16/h12,16,18H,4-11H2,1-3H3/t18-/m0/s1. The molecular weight excluding hydrogens is 356 g/mol. The molecule has 150 valence electrons. The zero-order valence-corrected chi connectivity index (χ0v) is 16.9.